The minimum absolute atomic E-state index is 0.0864. The summed E-state index contributed by atoms with van der Waals surface area (Å²) in [5.74, 6) is 1.38. The van der Waals surface area contributed by atoms with Gasteiger partial charge in [0.05, 0.1) is 10.4 Å². The van der Waals surface area contributed by atoms with Crippen LogP contribution >= 0.6 is 11.3 Å². The van der Waals surface area contributed by atoms with Crippen molar-refractivity contribution in [1.82, 2.24) is 15.3 Å². The second-order valence-corrected chi connectivity index (χ2v) is 6.96. The van der Waals surface area contributed by atoms with Crippen molar-refractivity contribution in [2.24, 2.45) is 5.92 Å². The molecule has 3 aromatic rings. The molecule has 0 bridgehead atoms. The highest BCUT2D eigenvalue weighted by atomic mass is 32.1. The van der Waals surface area contributed by atoms with E-state index in [-0.39, 0.29) is 11.7 Å². The molecule has 0 radical (unpaired) electrons. The number of fused-ring (bicyclic) bond motifs is 1. The van der Waals surface area contributed by atoms with E-state index in [1.165, 1.54) is 6.07 Å². The molecule has 2 aromatic heterocycles. The van der Waals surface area contributed by atoms with Crippen LogP contribution in [0.2, 0.25) is 0 Å². The van der Waals surface area contributed by atoms with Gasteiger partial charge < -0.3 is 15.4 Å². The van der Waals surface area contributed by atoms with Gasteiger partial charge in [0.1, 0.15) is 22.6 Å². The van der Waals surface area contributed by atoms with E-state index in [0.29, 0.717) is 29.0 Å². The van der Waals surface area contributed by atoms with Crippen LogP contribution in [0.1, 0.15) is 38.1 Å². The Hall–Kier alpha value is -2.34. The molecule has 0 atom stereocenters. The van der Waals surface area contributed by atoms with Crippen molar-refractivity contribution in [3.8, 4) is 16.5 Å². The van der Waals surface area contributed by atoms with E-state index in [2.05, 4.69) is 36.1 Å². The quantitative estimate of drug-likeness (QED) is 0.658. The van der Waals surface area contributed by atoms with E-state index in [9.17, 15) is 9.90 Å². The van der Waals surface area contributed by atoms with Crippen molar-refractivity contribution >= 4 is 28.3 Å². The lowest BCUT2D eigenvalue weighted by Crippen LogP contribution is -2.22. The van der Waals surface area contributed by atoms with Crippen molar-refractivity contribution in [1.29, 1.82) is 0 Å². The van der Waals surface area contributed by atoms with Gasteiger partial charge in [0.25, 0.3) is 5.91 Å². The van der Waals surface area contributed by atoms with Gasteiger partial charge in [-0.2, -0.15) is 0 Å². The van der Waals surface area contributed by atoms with Crippen LogP contribution in [0.3, 0.4) is 0 Å². The smallest absolute Gasteiger partial charge is 0.253 e. The van der Waals surface area contributed by atoms with E-state index in [0.717, 1.165) is 10.8 Å². The van der Waals surface area contributed by atoms with Crippen LogP contribution in [-0.4, -0.2) is 27.5 Å². The molecule has 0 spiro atoms. The molecular formula is C18H23N3O2S. The van der Waals surface area contributed by atoms with Gasteiger partial charge in [-0.25, -0.2) is 4.98 Å². The Morgan fingerprint density at radius 2 is 2.04 bits per heavy atom. The number of phenolic OH excluding ortho intramolecular Hbond substituents is 1. The zero-order valence-electron chi connectivity index (χ0n) is 14.4. The predicted octanol–water partition coefficient (Wildman–Crippen LogP) is 4.41. The molecule has 2 heterocycles. The largest absolute Gasteiger partial charge is 0.506 e. The minimum atomic E-state index is -0.193. The van der Waals surface area contributed by atoms with Crippen molar-refractivity contribution in [3.63, 3.8) is 0 Å². The molecule has 0 saturated carbocycles. The number of H-pyrrole nitrogens is 1. The van der Waals surface area contributed by atoms with E-state index in [1.54, 1.807) is 17.4 Å². The summed E-state index contributed by atoms with van der Waals surface area (Å²) in [7, 11) is 0. The van der Waals surface area contributed by atoms with Crippen LogP contribution in [0.25, 0.3) is 21.7 Å². The number of nitrogens with zero attached hydrogens (tertiary/aromatic N) is 1. The zero-order valence-corrected chi connectivity index (χ0v) is 15.2. The molecule has 3 rings (SSSR count). The number of aromatic nitrogens is 2. The number of hydrogen-bond acceptors (Lipinski definition) is 4. The van der Waals surface area contributed by atoms with Gasteiger partial charge in [-0.15, -0.1) is 11.3 Å². The monoisotopic (exact) mass is 345 g/mol. The molecule has 0 aliphatic heterocycles. The summed E-state index contributed by atoms with van der Waals surface area (Å²) >= 11 is 1.55. The fourth-order valence-corrected chi connectivity index (χ4v) is 2.72. The molecular weight excluding hydrogens is 322 g/mol. The molecule has 0 aliphatic carbocycles. The number of aromatic amines is 1. The van der Waals surface area contributed by atoms with Crippen molar-refractivity contribution in [2.75, 3.05) is 6.54 Å². The van der Waals surface area contributed by atoms with Gasteiger partial charge in [-0.05, 0) is 36.4 Å². The lowest BCUT2D eigenvalue weighted by Gasteiger charge is -2.03. The number of carbonyl (C=O) groups is 1. The predicted molar refractivity (Wildman–Crippen MR) is 99.6 cm³/mol. The fourth-order valence-electron chi connectivity index (χ4n) is 2.05. The number of thiophene rings is 1. The van der Waals surface area contributed by atoms with Gasteiger partial charge in [0.15, 0.2) is 0 Å². The third-order valence-corrected chi connectivity index (χ3v) is 3.84. The molecule has 5 nitrogen and oxygen atoms in total. The first-order valence-electron chi connectivity index (χ1n) is 7.97. The van der Waals surface area contributed by atoms with Crippen molar-refractivity contribution in [3.05, 3.63) is 35.2 Å². The third-order valence-electron chi connectivity index (χ3n) is 2.96. The summed E-state index contributed by atoms with van der Waals surface area (Å²) < 4.78 is 0. The second-order valence-electron chi connectivity index (χ2n) is 6.01. The molecule has 24 heavy (non-hydrogen) atoms. The Morgan fingerprint density at radius 3 is 2.62 bits per heavy atom. The highest BCUT2D eigenvalue weighted by Crippen LogP contribution is 2.30. The van der Waals surface area contributed by atoms with Crippen LogP contribution in [0, 0.1) is 5.92 Å². The first-order valence-corrected chi connectivity index (χ1v) is 8.85. The number of phenols is 1. The first-order chi connectivity index (χ1) is 11.4. The summed E-state index contributed by atoms with van der Waals surface area (Å²) in [4.78, 5) is 20.5. The number of carbonyl (C=O) groups excluding carboxylic acids is 1. The summed E-state index contributed by atoms with van der Waals surface area (Å²) in [6, 6.07) is 6.95. The summed E-state index contributed by atoms with van der Waals surface area (Å²) in [5, 5.41) is 14.6. The Balaban J connectivity index is 0.000000471. The van der Waals surface area contributed by atoms with Gasteiger partial charge in [-0.3, -0.25) is 4.79 Å². The van der Waals surface area contributed by atoms with Gasteiger partial charge in [0, 0.05) is 6.54 Å². The summed E-state index contributed by atoms with van der Waals surface area (Å²) in [6.45, 7) is 8.90. The number of nitrogens with one attached hydrogen (secondary N) is 2. The number of aromatic hydroxyl groups is 1. The van der Waals surface area contributed by atoms with E-state index >= 15 is 0 Å². The van der Waals surface area contributed by atoms with Gasteiger partial charge in [-0.1, -0.05) is 26.8 Å². The lowest BCUT2D eigenvalue weighted by molar-refractivity contribution is 0.0957. The van der Waals surface area contributed by atoms with Crippen LogP contribution in [0.15, 0.2) is 29.6 Å². The number of hydrogen-bond donors (Lipinski definition) is 3. The standard InChI is InChI=1S/C14H13N3O2S.C4H10/c1-2-15-14(19)8-5-6-9(18)12-11(8)16-13(17-12)10-4-3-7-20-10;1-4(2)3/h3-7,18H,2H2,1H3,(H,15,19)(H,16,17);4H,1-3H3. The van der Waals surface area contributed by atoms with Crippen molar-refractivity contribution in [2.45, 2.75) is 27.7 Å². The van der Waals surface area contributed by atoms with Crippen molar-refractivity contribution < 1.29 is 9.90 Å². The van der Waals surface area contributed by atoms with Crippen LogP contribution < -0.4 is 5.32 Å². The molecule has 0 fully saturated rings. The van der Waals surface area contributed by atoms with Crippen LogP contribution in [-0.2, 0) is 0 Å². The van der Waals surface area contributed by atoms with Crippen LogP contribution in [0.5, 0.6) is 5.75 Å². The minimum Gasteiger partial charge on any atom is -0.506 e. The molecule has 0 saturated heterocycles. The fraction of sp³-hybridized carbons (Fsp3) is 0.333. The SMILES string of the molecule is CC(C)C.CCNC(=O)c1ccc(O)c2[nH]c(-c3cccs3)nc12. The topological polar surface area (TPSA) is 78.0 Å². The zero-order chi connectivity index (χ0) is 17.7. The Bertz CT molecular complexity index is 804. The molecule has 0 aliphatic rings. The van der Waals surface area contributed by atoms with E-state index < -0.39 is 0 Å². The van der Waals surface area contributed by atoms with Gasteiger partial charge in [0.2, 0.25) is 0 Å². The maximum Gasteiger partial charge on any atom is 0.253 e. The Kier molecular flexibility index (Phi) is 5.98. The van der Waals surface area contributed by atoms with Crippen LogP contribution in [0.4, 0.5) is 0 Å². The Morgan fingerprint density at radius 1 is 1.33 bits per heavy atom. The number of benzene rings is 1. The number of amides is 1. The first kappa shape index (κ1) is 18.0. The summed E-state index contributed by atoms with van der Waals surface area (Å²) in [5.41, 5.74) is 1.43. The molecule has 1 amide bonds. The lowest BCUT2D eigenvalue weighted by atomic mass is 10.1. The highest BCUT2D eigenvalue weighted by molar-refractivity contribution is 7.13. The maximum atomic E-state index is 12.0. The second kappa shape index (κ2) is 7.97. The van der Waals surface area contributed by atoms with Gasteiger partial charge >= 0.3 is 0 Å². The number of imidazole rings is 1. The maximum absolute atomic E-state index is 12.0. The molecule has 3 N–H and O–H groups in total. The summed E-state index contributed by atoms with van der Waals surface area (Å²) in [6.07, 6.45) is 0. The highest BCUT2D eigenvalue weighted by Gasteiger charge is 2.16. The average Bonchev–Trinajstić information content (AvgIpc) is 3.16. The molecule has 128 valence electrons. The van der Waals surface area contributed by atoms with E-state index in [4.69, 9.17) is 0 Å². The van der Waals surface area contributed by atoms with E-state index in [1.807, 2.05) is 24.4 Å². The third kappa shape index (κ3) is 4.14. The Labute approximate surface area is 145 Å². The normalized spacial score (nSPS) is 10.5. The average molecular weight is 345 g/mol. The molecule has 0 unspecified atom stereocenters. The molecule has 6 heteroatoms. The molecule has 1 aromatic carbocycles. The number of rotatable bonds is 3.